The molecule has 1 atom stereocenters. The molecule has 0 spiro atoms. The van der Waals surface area contributed by atoms with Crippen molar-refractivity contribution in [3.8, 4) is 5.69 Å². The number of carbonyl (C=O) groups excluding carboxylic acids is 1. The minimum atomic E-state index is -0.0279. The second kappa shape index (κ2) is 8.18. The Hall–Kier alpha value is -2.93. The van der Waals surface area contributed by atoms with Crippen LogP contribution in [0.2, 0.25) is 0 Å². The predicted octanol–water partition coefficient (Wildman–Crippen LogP) is 1.85. The Bertz CT molecular complexity index is 862. The summed E-state index contributed by atoms with van der Waals surface area (Å²) in [5.41, 5.74) is 3.19. The van der Waals surface area contributed by atoms with Crippen LogP contribution < -0.4 is 10.6 Å². The minimum absolute atomic E-state index is 0.0279. The maximum Gasteiger partial charge on any atom is 0.242 e. The van der Waals surface area contributed by atoms with Crippen LogP contribution >= 0.6 is 0 Å². The number of carbonyl (C=O) groups is 1. The Balaban J connectivity index is 1.32. The molecule has 1 aliphatic rings. The Kier molecular flexibility index (Phi) is 5.29. The topological polar surface area (TPSA) is 76.8 Å². The van der Waals surface area contributed by atoms with E-state index in [2.05, 4.69) is 20.8 Å². The highest BCUT2D eigenvalue weighted by Crippen LogP contribution is 2.22. The first-order chi connectivity index (χ1) is 13.3. The lowest BCUT2D eigenvalue weighted by Crippen LogP contribution is -2.32. The van der Waals surface area contributed by atoms with E-state index in [1.165, 1.54) is 0 Å². The first-order valence-electron chi connectivity index (χ1n) is 9.38. The van der Waals surface area contributed by atoms with Crippen LogP contribution in [0.1, 0.15) is 30.0 Å². The average molecular weight is 364 g/mol. The minimum Gasteiger partial charge on any atom is -0.350 e. The van der Waals surface area contributed by atoms with E-state index < -0.39 is 0 Å². The van der Waals surface area contributed by atoms with E-state index in [9.17, 15) is 4.79 Å². The molecule has 1 amide bonds. The van der Waals surface area contributed by atoms with Gasteiger partial charge in [-0.3, -0.25) is 9.48 Å². The van der Waals surface area contributed by atoms with E-state index in [-0.39, 0.29) is 12.5 Å². The molecule has 27 heavy (non-hydrogen) atoms. The van der Waals surface area contributed by atoms with Crippen molar-refractivity contribution in [1.82, 2.24) is 30.2 Å². The summed E-state index contributed by atoms with van der Waals surface area (Å²) < 4.78 is 3.63. The van der Waals surface area contributed by atoms with Crippen molar-refractivity contribution in [3.63, 3.8) is 0 Å². The maximum atomic E-state index is 12.4. The van der Waals surface area contributed by atoms with Crippen molar-refractivity contribution in [1.29, 1.82) is 0 Å². The quantitative estimate of drug-likeness (QED) is 0.700. The molecule has 7 nitrogen and oxygen atoms in total. The van der Waals surface area contributed by atoms with Gasteiger partial charge in [-0.2, -0.15) is 10.2 Å². The Morgan fingerprint density at radius 3 is 2.81 bits per heavy atom. The van der Waals surface area contributed by atoms with E-state index in [1.807, 2.05) is 52.0 Å². The standard InChI is InChI=1S/C20H24N6O/c27-20(15-26-19(8-11-24-26)17-3-1-9-21-14-17)22-13-16-4-6-18(7-5-16)25-12-2-10-23-25/h2,4-8,10-12,17,21H,1,3,9,13-15H2,(H,22,27)/t17-/m1/s1. The SMILES string of the molecule is O=C(Cn1nccc1[C@@H]1CCCNC1)NCc1ccc(-n2cccn2)cc1. The van der Waals surface area contributed by atoms with Crippen LogP contribution in [-0.2, 0) is 17.9 Å². The van der Waals surface area contributed by atoms with Crippen molar-refractivity contribution in [3.05, 3.63) is 66.2 Å². The smallest absolute Gasteiger partial charge is 0.242 e. The lowest BCUT2D eigenvalue weighted by molar-refractivity contribution is -0.122. The second-order valence-electron chi connectivity index (χ2n) is 6.85. The van der Waals surface area contributed by atoms with Gasteiger partial charge in [0.2, 0.25) is 5.91 Å². The molecule has 3 aromatic rings. The van der Waals surface area contributed by atoms with Crippen LogP contribution in [0, 0.1) is 0 Å². The van der Waals surface area contributed by atoms with Gasteiger partial charge in [-0.05, 0) is 49.2 Å². The zero-order valence-electron chi connectivity index (χ0n) is 15.2. The fourth-order valence-electron chi connectivity index (χ4n) is 3.51. The largest absolute Gasteiger partial charge is 0.350 e. The van der Waals surface area contributed by atoms with Crippen molar-refractivity contribution >= 4 is 5.91 Å². The number of nitrogens with zero attached hydrogens (tertiary/aromatic N) is 4. The van der Waals surface area contributed by atoms with Crippen LogP contribution in [0.25, 0.3) is 5.69 Å². The van der Waals surface area contributed by atoms with Gasteiger partial charge in [-0.25, -0.2) is 4.68 Å². The van der Waals surface area contributed by atoms with Crippen molar-refractivity contribution in [2.45, 2.75) is 31.8 Å². The highest BCUT2D eigenvalue weighted by molar-refractivity contribution is 5.75. The summed E-state index contributed by atoms with van der Waals surface area (Å²) in [7, 11) is 0. The molecule has 1 aliphatic heterocycles. The summed E-state index contributed by atoms with van der Waals surface area (Å²) in [5.74, 6) is 0.406. The molecule has 0 aliphatic carbocycles. The summed E-state index contributed by atoms with van der Waals surface area (Å²) in [6.45, 7) is 2.78. The molecule has 3 heterocycles. The molecule has 0 radical (unpaired) electrons. The highest BCUT2D eigenvalue weighted by atomic mass is 16.2. The zero-order chi connectivity index (χ0) is 18.5. The molecular weight excluding hydrogens is 340 g/mol. The zero-order valence-corrected chi connectivity index (χ0v) is 15.2. The van der Waals surface area contributed by atoms with Crippen LogP contribution in [0.4, 0.5) is 0 Å². The molecule has 7 heteroatoms. The molecule has 140 valence electrons. The molecule has 4 rings (SSSR count). The van der Waals surface area contributed by atoms with E-state index in [0.717, 1.165) is 42.9 Å². The lowest BCUT2D eigenvalue weighted by atomic mass is 9.96. The van der Waals surface area contributed by atoms with Gasteiger partial charge in [0, 0.05) is 43.3 Å². The summed E-state index contributed by atoms with van der Waals surface area (Å²) in [4.78, 5) is 12.4. The van der Waals surface area contributed by atoms with Crippen molar-refractivity contribution < 1.29 is 4.79 Å². The van der Waals surface area contributed by atoms with Crippen LogP contribution in [0.3, 0.4) is 0 Å². The molecule has 0 saturated carbocycles. The number of nitrogens with one attached hydrogen (secondary N) is 2. The number of amides is 1. The van der Waals surface area contributed by atoms with Gasteiger partial charge in [0.05, 0.1) is 5.69 Å². The summed E-state index contributed by atoms with van der Waals surface area (Å²) in [5, 5.41) is 15.0. The maximum absolute atomic E-state index is 12.4. The lowest BCUT2D eigenvalue weighted by Gasteiger charge is -2.23. The Labute approximate surface area is 158 Å². The summed E-state index contributed by atoms with van der Waals surface area (Å²) >= 11 is 0. The predicted molar refractivity (Wildman–Crippen MR) is 102 cm³/mol. The third-order valence-electron chi connectivity index (χ3n) is 4.95. The second-order valence-corrected chi connectivity index (χ2v) is 6.85. The first-order valence-corrected chi connectivity index (χ1v) is 9.38. The number of hydrogen-bond acceptors (Lipinski definition) is 4. The molecule has 0 bridgehead atoms. The monoisotopic (exact) mass is 364 g/mol. The van der Waals surface area contributed by atoms with E-state index in [1.54, 1.807) is 12.4 Å². The van der Waals surface area contributed by atoms with E-state index >= 15 is 0 Å². The first kappa shape index (κ1) is 17.5. The van der Waals surface area contributed by atoms with Gasteiger partial charge in [-0.15, -0.1) is 0 Å². The van der Waals surface area contributed by atoms with Gasteiger partial charge >= 0.3 is 0 Å². The molecule has 2 aromatic heterocycles. The number of aromatic nitrogens is 4. The normalized spacial score (nSPS) is 17.0. The molecule has 1 aromatic carbocycles. The summed E-state index contributed by atoms with van der Waals surface area (Å²) in [6, 6.07) is 11.9. The molecule has 0 unspecified atom stereocenters. The number of hydrogen-bond donors (Lipinski definition) is 2. The van der Waals surface area contributed by atoms with Gasteiger partial charge in [0.25, 0.3) is 0 Å². The van der Waals surface area contributed by atoms with E-state index in [4.69, 9.17) is 0 Å². The number of rotatable bonds is 6. The fourth-order valence-corrected chi connectivity index (χ4v) is 3.51. The van der Waals surface area contributed by atoms with Gasteiger partial charge in [-0.1, -0.05) is 12.1 Å². The number of piperidine rings is 1. The highest BCUT2D eigenvalue weighted by Gasteiger charge is 2.19. The Morgan fingerprint density at radius 2 is 2.07 bits per heavy atom. The Morgan fingerprint density at radius 1 is 1.19 bits per heavy atom. The molecule has 1 saturated heterocycles. The van der Waals surface area contributed by atoms with Crippen molar-refractivity contribution in [2.75, 3.05) is 13.1 Å². The summed E-state index contributed by atoms with van der Waals surface area (Å²) in [6.07, 6.45) is 7.74. The average Bonchev–Trinajstić information content (AvgIpc) is 3.40. The van der Waals surface area contributed by atoms with Crippen LogP contribution in [-0.4, -0.2) is 38.6 Å². The van der Waals surface area contributed by atoms with Gasteiger partial charge in [0.15, 0.2) is 0 Å². The third kappa shape index (κ3) is 4.25. The van der Waals surface area contributed by atoms with Crippen LogP contribution in [0.5, 0.6) is 0 Å². The number of benzene rings is 1. The van der Waals surface area contributed by atoms with Crippen LogP contribution in [0.15, 0.2) is 55.0 Å². The van der Waals surface area contributed by atoms with Gasteiger partial charge < -0.3 is 10.6 Å². The van der Waals surface area contributed by atoms with Gasteiger partial charge in [0.1, 0.15) is 6.54 Å². The molecule has 2 N–H and O–H groups in total. The van der Waals surface area contributed by atoms with Crippen molar-refractivity contribution in [2.24, 2.45) is 0 Å². The fraction of sp³-hybridized carbons (Fsp3) is 0.350. The van der Waals surface area contributed by atoms with E-state index in [0.29, 0.717) is 12.5 Å². The molecular formula is C20H24N6O. The third-order valence-corrected chi connectivity index (χ3v) is 4.95. The molecule has 1 fully saturated rings.